The summed E-state index contributed by atoms with van der Waals surface area (Å²) >= 11 is 0. The maximum absolute atomic E-state index is 5.85. The molecule has 2 N–H and O–H groups in total. The maximum atomic E-state index is 5.85. The maximum Gasteiger partial charge on any atom is 0.121 e. The number of rotatable bonds is 1. The Kier molecular flexibility index (Phi) is 2.01. The van der Waals surface area contributed by atoms with Gasteiger partial charge in [-0.05, 0) is 31.1 Å². The van der Waals surface area contributed by atoms with Crippen LogP contribution in [0.25, 0.3) is 0 Å². The average molecular weight is 205 g/mol. The fourth-order valence-corrected chi connectivity index (χ4v) is 3.43. The standard InChI is InChI=1S/C12H19N3/c1-15-12(13)7-11(14-15)10-6-8-2-4-9(10)5-3-8/h7-10H,2-6,13H2,1H3. The fourth-order valence-electron chi connectivity index (χ4n) is 3.43. The van der Waals surface area contributed by atoms with Crippen LogP contribution in [0.3, 0.4) is 0 Å². The molecule has 0 spiro atoms. The van der Waals surface area contributed by atoms with Crippen LogP contribution in [-0.4, -0.2) is 9.78 Å². The van der Waals surface area contributed by atoms with E-state index in [1.165, 1.54) is 37.8 Å². The second-order valence-electron chi connectivity index (χ2n) is 5.24. The van der Waals surface area contributed by atoms with Gasteiger partial charge in [0, 0.05) is 19.0 Å². The molecule has 3 aliphatic rings. The van der Waals surface area contributed by atoms with Crippen molar-refractivity contribution in [1.82, 2.24) is 9.78 Å². The summed E-state index contributed by atoms with van der Waals surface area (Å²) in [5.41, 5.74) is 7.09. The van der Waals surface area contributed by atoms with Crippen molar-refractivity contribution >= 4 is 5.82 Å². The van der Waals surface area contributed by atoms with Crippen molar-refractivity contribution in [3.63, 3.8) is 0 Å². The van der Waals surface area contributed by atoms with Crippen molar-refractivity contribution < 1.29 is 0 Å². The third-order valence-electron chi connectivity index (χ3n) is 4.36. The Morgan fingerprint density at radius 1 is 1.33 bits per heavy atom. The summed E-state index contributed by atoms with van der Waals surface area (Å²) in [5, 5.41) is 4.54. The van der Waals surface area contributed by atoms with Crippen molar-refractivity contribution in [2.24, 2.45) is 18.9 Å². The van der Waals surface area contributed by atoms with Gasteiger partial charge in [-0.1, -0.05) is 12.8 Å². The summed E-state index contributed by atoms with van der Waals surface area (Å²) in [6.07, 6.45) is 7.06. The zero-order valence-corrected chi connectivity index (χ0v) is 9.32. The minimum Gasteiger partial charge on any atom is -0.384 e. The van der Waals surface area contributed by atoms with Gasteiger partial charge in [0.2, 0.25) is 0 Å². The molecule has 0 aromatic carbocycles. The topological polar surface area (TPSA) is 43.8 Å². The van der Waals surface area contributed by atoms with E-state index >= 15 is 0 Å². The van der Waals surface area contributed by atoms with Gasteiger partial charge in [-0.25, -0.2) is 0 Å². The van der Waals surface area contributed by atoms with E-state index in [0.717, 1.165) is 17.7 Å². The van der Waals surface area contributed by atoms with E-state index in [9.17, 15) is 0 Å². The lowest BCUT2D eigenvalue weighted by atomic mass is 9.64. The second kappa shape index (κ2) is 3.26. The first-order valence-corrected chi connectivity index (χ1v) is 6.03. The van der Waals surface area contributed by atoms with Crippen LogP contribution in [0.15, 0.2) is 6.07 Å². The molecule has 15 heavy (non-hydrogen) atoms. The molecule has 2 bridgehead atoms. The zero-order valence-electron chi connectivity index (χ0n) is 9.32. The molecule has 1 unspecified atom stereocenters. The van der Waals surface area contributed by atoms with Crippen LogP contribution in [0.2, 0.25) is 0 Å². The molecule has 0 aliphatic heterocycles. The number of aromatic nitrogens is 2. The predicted molar refractivity (Wildman–Crippen MR) is 60.4 cm³/mol. The van der Waals surface area contributed by atoms with E-state index in [4.69, 9.17) is 5.73 Å². The lowest BCUT2D eigenvalue weighted by Gasteiger charge is -2.41. The molecule has 1 heterocycles. The highest BCUT2D eigenvalue weighted by Gasteiger charge is 2.37. The largest absolute Gasteiger partial charge is 0.384 e. The van der Waals surface area contributed by atoms with Gasteiger partial charge in [-0.3, -0.25) is 4.68 Å². The van der Waals surface area contributed by atoms with Crippen molar-refractivity contribution in [3.05, 3.63) is 11.8 Å². The second-order valence-corrected chi connectivity index (χ2v) is 5.24. The number of hydrogen-bond donors (Lipinski definition) is 1. The number of hydrogen-bond acceptors (Lipinski definition) is 2. The summed E-state index contributed by atoms with van der Waals surface area (Å²) < 4.78 is 1.80. The van der Waals surface area contributed by atoms with E-state index < -0.39 is 0 Å². The van der Waals surface area contributed by atoms with Gasteiger partial charge in [0.05, 0.1) is 5.69 Å². The molecule has 1 aromatic heterocycles. The molecule has 3 heteroatoms. The molecule has 3 saturated carbocycles. The first-order valence-electron chi connectivity index (χ1n) is 6.03. The Balaban J connectivity index is 1.88. The van der Waals surface area contributed by atoms with Gasteiger partial charge in [-0.2, -0.15) is 5.10 Å². The Bertz CT molecular complexity index is 341. The molecular weight excluding hydrogens is 186 g/mol. The first kappa shape index (κ1) is 9.25. The summed E-state index contributed by atoms with van der Waals surface area (Å²) in [4.78, 5) is 0. The van der Waals surface area contributed by atoms with Crippen LogP contribution in [0.4, 0.5) is 5.82 Å². The van der Waals surface area contributed by atoms with Gasteiger partial charge < -0.3 is 5.73 Å². The molecule has 3 fully saturated rings. The molecule has 4 rings (SSSR count). The van der Waals surface area contributed by atoms with Crippen LogP contribution < -0.4 is 5.73 Å². The summed E-state index contributed by atoms with van der Waals surface area (Å²) in [7, 11) is 1.93. The molecule has 3 nitrogen and oxygen atoms in total. The lowest BCUT2D eigenvalue weighted by molar-refractivity contribution is 0.142. The molecule has 1 aromatic rings. The zero-order chi connectivity index (χ0) is 10.4. The Hall–Kier alpha value is -0.990. The van der Waals surface area contributed by atoms with Gasteiger partial charge in [0.1, 0.15) is 5.82 Å². The summed E-state index contributed by atoms with van der Waals surface area (Å²) in [5.74, 6) is 3.33. The van der Waals surface area contributed by atoms with Crippen LogP contribution >= 0.6 is 0 Å². The molecule has 0 amide bonds. The number of fused-ring (bicyclic) bond motifs is 3. The molecule has 82 valence electrons. The smallest absolute Gasteiger partial charge is 0.121 e. The van der Waals surface area contributed by atoms with Gasteiger partial charge in [0.25, 0.3) is 0 Å². The third kappa shape index (κ3) is 1.45. The Labute approximate surface area is 90.7 Å². The summed E-state index contributed by atoms with van der Waals surface area (Å²) in [6, 6.07) is 2.07. The van der Waals surface area contributed by atoms with Crippen molar-refractivity contribution in [2.75, 3.05) is 5.73 Å². The van der Waals surface area contributed by atoms with Crippen LogP contribution in [0.5, 0.6) is 0 Å². The quantitative estimate of drug-likeness (QED) is 0.764. The normalized spacial score (nSPS) is 34.6. The monoisotopic (exact) mass is 205 g/mol. The molecule has 0 radical (unpaired) electrons. The van der Waals surface area contributed by atoms with Gasteiger partial charge in [-0.15, -0.1) is 0 Å². The highest BCUT2D eigenvalue weighted by molar-refractivity contribution is 5.32. The molecule has 1 atom stereocenters. The van der Waals surface area contributed by atoms with Crippen LogP contribution in [0, 0.1) is 11.8 Å². The van der Waals surface area contributed by atoms with Crippen LogP contribution in [-0.2, 0) is 7.05 Å². The van der Waals surface area contributed by atoms with Crippen molar-refractivity contribution in [2.45, 2.75) is 38.0 Å². The fraction of sp³-hybridized carbons (Fsp3) is 0.750. The minimum absolute atomic E-state index is 0.695. The van der Waals surface area contributed by atoms with Crippen molar-refractivity contribution in [3.8, 4) is 0 Å². The van der Waals surface area contributed by atoms with Crippen LogP contribution in [0.1, 0.15) is 43.7 Å². The predicted octanol–water partition coefficient (Wildman–Crippen LogP) is 2.30. The average Bonchev–Trinajstić information content (AvgIpc) is 2.61. The third-order valence-corrected chi connectivity index (χ3v) is 4.36. The lowest BCUT2D eigenvalue weighted by Crippen LogP contribution is -2.29. The Morgan fingerprint density at radius 2 is 2.07 bits per heavy atom. The van der Waals surface area contributed by atoms with E-state index in [1.807, 2.05) is 7.05 Å². The number of anilines is 1. The number of nitrogens with zero attached hydrogens (tertiary/aromatic N) is 2. The molecule has 0 saturated heterocycles. The number of nitrogens with two attached hydrogens (primary N) is 1. The van der Waals surface area contributed by atoms with Gasteiger partial charge in [0.15, 0.2) is 0 Å². The number of aryl methyl sites for hydroxylation is 1. The Morgan fingerprint density at radius 3 is 2.53 bits per heavy atom. The summed E-state index contributed by atoms with van der Waals surface area (Å²) in [6.45, 7) is 0. The SMILES string of the molecule is Cn1nc(C2CC3CCC2CC3)cc1N. The van der Waals surface area contributed by atoms with E-state index in [1.54, 1.807) is 4.68 Å². The highest BCUT2D eigenvalue weighted by Crippen LogP contribution is 2.49. The van der Waals surface area contributed by atoms with E-state index in [0.29, 0.717) is 5.92 Å². The number of nitrogen functional groups attached to an aromatic ring is 1. The molecule has 3 aliphatic carbocycles. The van der Waals surface area contributed by atoms with E-state index in [-0.39, 0.29) is 0 Å². The van der Waals surface area contributed by atoms with E-state index in [2.05, 4.69) is 11.2 Å². The molecular formula is C12H19N3. The highest BCUT2D eigenvalue weighted by atomic mass is 15.3. The first-order chi connectivity index (χ1) is 7.24. The van der Waals surface area contributed by atoms with Gasteiger partial charge >= 0.3 is 0 Å². The minimum atomic E-state index is 0.695. The van der Waals surface area contributed by atoms with Crippen molar-refractivity contribution in [1.29, 1.82) is 0 Å².